The minimum Gasteiger partial charge on any atom is -0.507 e. The van der Waals surface area contributed by atoms with Crippen molar-refractivity contribution in [3.63, 3.8) is 0 Å². The largest absolute Gasteiger partial charge is 0.507 e. The van der Waals surface area contributed by atoms with Crippen LogP contribution in [-0.2, 0) is 6.42 Å². The molecule has 1 atom stereocenters. The Morgan fingerprint density at radius 2 is 1.87 bits per heavy atom. The zero-order valence-electron chi connectivity index (χ0n) is 17.5. The van der Waals surface area contributed by atoms with Crippen LogP contribution in [0.3, 0.4) is 0 Å². The Morgan fingerprint density at radius 3 is 2.65 bits per heavy atom. The number of likely N-dealkylation sites (tertiary alicyclic amines) is 1. The molecule has 1 saturated heterocycles. The van der Waals surface area contributed by atoms with Gasteiger partial charge in [0.2, 0.25) is 0 Å². The molecular formula is C25H27N5O. The number of rotatable bonds is 6. The first-order valence-corrected chi connectivity index (χ1v) is 10.8. The molecule has 158 valence electrons. The molecule has 0 saturated carbocycles. The summed E-state index contributed by atoms with van der Waals surface area (Å²) in [6.07, 6.45) is 4.16. The maximum Gasteiger partial charge on any atom is 0.165 e. The summed E-state index contributed by atoms with van der Waals surface area (Å²) < 4.78 is 0. The van der Waals surface area contributed by atoms with Crippen LogP contribution in [0.1, 0.15) is 42.0 Å². The molecule has 1 aliphatic rings. The van der Waals surface area contributed by atoms with Crippen LogP contribution in [0.15, 0.2) is 54.6 Å². The van der Waals surface area contributed by atoms with Gasteiger partial charge in [-0.2, -0.15) is 5.26 Å². The molecule has 31 heavy (non-hydrogen) atoms. The van der Waals surface area contributed by atoms with Crippen LogP contribution in [0, 0.1) is 11.3 Å². The van der Waals surface area contributed by atoms with E-state index in [9.17, 15) is 10.4 Å². The fraction of sp³-hybridized carbons (Fsp3) is 0.320. The quantitative estimate of drug-likeness (QED) is 0.631. The maximum atomic E-state index is 10.2. The van der Waals surface area contributed by atoms with Gasteiger partial charge in [-0.3, -0.25) is 0 Å². The number of para-hydroxylation sites is 1. The Bertz CT molecular complexity index is 1080. The van der Waals surface area contributed by atoms with Crippen LogP contribution in [-0.4, -0.2) is 39.6 Å². The van der Waals surface area contributed by atoms with Crippen LogP contribution in [0.2, 0.25) is 0 Å². The topological polar surface area (TPSA) is 99.1 Å². The normalized spacial score (nSPS) is 16.7. The summed E-state index contributed by atoms with van der Waals surface area (Å²) in [6.45, 7) is 2.92. The minimum atomic E-state index is 0.101. The number of hydrogen-bond acceptors (Lipinski definition) is 6. The van der Waals surface area contributed by atoms with E-state index in [0.717, 1.165) is 45.3 Å². The molecule has 1 aliphatic heterocycles. The van der Waals surface area contributed by atoms with Crippen molar-refractivity contribution in [2.24, 2.45) is 0 Å². The molecule has 1 aromatic heterocycles. The zero-order valence-corrected chi connectivity index (χ0v) is 17.5. The van der Waals surface area contributed by atoms with Crippen molar-refractivity contribution < 1.29 is 5.11 Å². The van der Waals surface area contributed by atoms with Crippen molar-refractivity contribution in [2.45, 2.75) is 31.6 Å². The number of piperidine rings is 1. The van der Waals surface area contributed by atoms with E-state index in [4.69, 9.17) is 10.7 Å². The van der Waals surface area contributed by atoms with E-state index in [1.807, 2.05) is 12.1 Å². The molecule has 0 spiro atoms. The van der Waals surface area contributed by atoms with Gasteiger partial charge in [-0.1, -0.05) is 42.5 Å². The molecule has 0 aliphatic carbocycles. The van der Waals surface area contributed by atoms with Crippen molar-refractivity contribution in [3.05, 3.63) is 71.4 Å². The number of nitriles is 1. The number of aryl methyl sites for hydroxylation is 1. The Labute approximate surface area is 183 Å². The fourth-order valence-corrected chi connectivity index (χ4v) is 4.32. The van der Waals surface area contributed by atoms with Crippen LogP contribution in [0.4, 0.5) is 5.82 Å². The molecule has 0 radical (unpaired) electrons. The third-order valence-corrected chi connectivity index (χ3v) is 5.90. The van der Waals surface area contributed by atoms with E-state index < -0.39 is 0 Å². The Morgan fingerprint density at radius 1 is 1.10 bits per heavy atom. The van der Waals surface area contributed by atoms with Crippen molar-refractivity contribution in [1.82, 2.24) is 14.9 Å². The number of anilines is 1. The van der Waals surface area contributed by atoms with Crippen molar-refractivity contribution in [2.75, 3.05) is 25.4 Å². The Balaban J connectivity index is 1.52. The molecule has 0 amide bonds. The zero-order chi connectivity index (χ0) is 21.6. The molecule has 3 N–H and O–H groups in total. The first-order chi connectivity index (χ1) is 15.2. The van der Waals surface area contributed by atoms with Gasteiger partial charge in [0.05, 0.1) is 11.3 Å². The summed E-state index contributed by atoms with van der Waals surface area (Å²) in [6, 6.07) is 19.7. The fourth-order valence-electron chi connectivity index (χ4n) is 4.32. The SMILES string of the molecule is N#Cc1c(N)nc(-c2ccccc2O)nc1C1CCCN(CCCc2ccccc2)C1. The third-order valence-electron chi connectivity index (χ3n) is 5.90. The van der Waals surface area contributed by atoms with E-state index in [1.54, 1.807) is 18.2 Å². The Kier molecular flexibility index (Phi) is 6.44. The number of benzene rings is 2. The highest BCUT2D eigenvalue weighted by molar-refractivity contribution is 5.67. The number of nitrogen functional groups attached to an aromatic ring is 1. The van der Waals surface area contributed by atoms with E-state index in [-0.39, 0.29) is 17.5 Å². The first-order valence-electron chi connectivity index (χ1n) is 10.8. The highest BCUT2D eigenvalue weighted by atomic mass is 16.3. The van der Waals surface area contributed by atoms with Gasteiger partial charge >= 0.3 is 0 Å². The summed E-state index contributed by atoms with van der Waals surface area (Å²) in [4.78, 5) is 11.5. The summed E-state index contributed by atoms with van der Waals surface area (Å²) in [5.74, 6) is 0.761. The lowest BCUT2D eigenvalue weighted by molar-refractivity contribution is 0.204. The number of aromatic nitrogens is 2. The molecular weight excluding hydrogens is 386 g/mol. The van der Waals surface area contributed by atoms with Gasteiger partial charge in [0.25, 0.3) is 0 Å². The smallest absolute Gasteiger partial charge is 0.165 e. The maximum absolute atomic E-state index is 10.2. The lowest BCUT2D eigenvalue weighted by Gasteiger charge is -2.33. The second kappa shape index (κ2) is 9.59. The van der Waals surface area contributed by atoms with Gasteiger partial charge in [-0.25, -0.2) is 9.97 Å². The molecule has 3 aromatic rings. The number of phenolic OH excluding ortho intramolecular Hbond substituents is 1. The number of nitrogens with zero attached hydrogens (tertiary/aromatic N) is 4. The molecule has 2 heterocycles. The summed E-state index contributed by atoms with van der Waals surface area (Å²) in [7, 11) is 0. The predicted octanol–water partition coefficient (Wildman–Crippen LogP) is 4.12. The van der Waals surface area contributed by atoms with E-state index in [2.05, 4.69) is 40.2 Å². The molecule has 6 nitrogen and oxygen atoms in total. The van der Waals surface area contributed by atoms with Crippen LogP contribution in [0.25, 0.3) is 11.4 Å². The van der Waals surface area contributed by atoms with Gasteiger partial charge in [0.1, 0.15) is 23.2 Å². The van der Waals surface area contributed by atoms with Gasteiger partial charge in [0, 0.05) is 12.5 Å². The van der Waals surface area contributed by atoms with Gasteiger partial charge in [-0.05, 0) is 56.5 Å². The molecule has 1 fully saturated rings. The average Bonchev–Trinajstić information content (AvgIpc) is 2.80. The average molecular weight is 414 g/mol. The summed E-state index contributed by atoms with van der Waals surface area (Å²) >= 11 is 0. The lowest BCUT2D eigenvalue weighted by Crippen LogP contribution is -2.36. The standard InChI is InChI=1S/C25H27N5O/c26-16-21-23(28-25(29-24(21)27)20-12-4-5-13-22(20)31)19-11-7-15-30(17-19)14-6-10-18-8-2-1-3-9-18/h1-5,8-9,12-13,19,31H,6-7,10-11,14-15,17H2,(H2,27,28,29). The third kappa shape index (κ3) is 4.84. The monoisotopic (exact) mass is 413 g/mol. The predicted molar refractivity (Wildman–Crippen MR) is 121 cm³/mol. The van der Waals surface area contributed by atoms with Crippen molar-refractivity contribution >= 4 is 5.82 Å². The number of aromatic hydroxyl groups is 1. The summed E-state index contributed by atoms with van der Waals surface area (Å²) in [5.41, 5.74) is 9.07. The van der Waals surface area contributed by atoms with Gasteiger partial charge < -0.3 is 15.7 Å². The highest BCUT2D eigenvalue weighted by Crippen LogP contribution is 2.33. The van der Waals surface area contributed by atoms with E-state index >= 15 is 0 Å². The minimum absolute atomic E-state index is 0.101. The van der Waals surface area contributed by atoms with Gasteiger partial charge in [0.15, 0.2) is 5.82 Å². The Hall–Kier alpha value is -3.43. The summed E-state index contributed by atoms with van der Waals surface area (Å²) in [5, 5.41) is 19.9. The second-order valence-electron chi connectivity index (χ2n) is 8.05. The van der Waals surface area contributed by atoms with E-state index in [0.29, 0.717) is 22.6 Å². The van der Waals surface area contributed by atoms with Crippen LogP contribution >= 0.6 is 0 Å². The first kappa shape index (κ1) is 20.8. The van der Waals surface area contributed by atoms with Crippen molar-refractivity contribution in [1.29, 1.82) is 5.26 Å². The number of phenols is 1. The lowest BCUT2D eigenvalue weighted by atomic mass is 9.91. The second-order valence-corrected chi connectivity index (χ2v) is 8.05. The number of hydrogen-bond donors (Lipinski definition) is 2. The molecule has 6 heteroatoms. The highest BCUT2D eigenvalue weighted by Gasteiger charge is 2.27. The molecule has 4 rings (SSSR count). The van der Waals surface area contributed by atoms with Crippen LogP contribution in [0.5, 0.6) is 5.75 Å². The van der Waals surface area contributed by atoms with E-state index in [1.165, 1.54) is 5.56 Å². The molecule has 1 unspecified atom stereocenters. The molecule has 2 aromatic carbocycles. The van der Waals surface area contributed by atoms with Gasteiger partial charge in [-0.15, -0.1) is 0 Å². The van der Waals surface area contributed by atoms with Crippen LogP contribution < -0.4 is 5.73 Å². The molecule has 0 bridgehead atoms. The number of nitrogens with two attached hydrogens (primary N) is 1. The van der Waals surface area contributed by atoms with Crippen molar-refractivity contribution in [3.8, 4) is 23.2 Å².